The lowest BCUT2D eigenvalue weighted by molar-refractivity contribution is -0.309. The van der Waals surface area contributed by atoms with Crippen molar-refractivity contribution in [3.8, 4) is 0 Å². The lowest BCUT2D eigenvalue weighted by Crippen LogP contribution is -2.51. The molecule has 3 rings (SSSR count). The summed E-state index contributed by atoms with van der Waals surface area (Å²) in [6, 6.07) is 7.47. The van der Waals surface area contributed by atoms with E-state index in [1.54, 1.807) is 6.07 Å². The van der Waals surface area contributed by atoms with E-state index in [1.807, 2.05) is 0 Å². The number of carbonyl (C=O) groups is 1. The average Bonchev–Trinajstić information content (AvgIpc) is 2.51. The van der Waals surface area contributed by atoms with Gasteiger partial charge in [-0.25, -0.2) is 4.79 Å². The molecule has 0 spiro atoms. The smallest absolute Gasteiger partial charge is 0.433 e. The second-order valence-electron chi connectivity index (χ2n) is 6.28. The highest BCUT2D eigenvalue weighted by Crippen LogP contribution is 2.54. The molecule has 0 N–H and O–H groups in total. The number of carbonyl (C=O) groups excluding carboxylic acids is 1. The van der Waals surface area contributed by atoms with Crippen molar-refractivity contribution in [2.45, 2.75) is 56.4 Å². The van der Waals surface area contributed by atoms with Crippen molar-refractivity contribution in [3.63, 3.8) is 0 Å². The van der Waals surface area contributed by atoms with Crippen molar-refractivity contribution >= 4 is 5.97 Å². The maximum Gasteiger partial charge on any atom is 0.433 e. The van der Waals surface area contributed by atoms with Gasteiger partial charge in [-0.15, -0.1) is 0 Å². The van der Waals surface area contributed by atoms with E-state index < -0.39 is 17.7 Å². The van der Waals surface area contributed by atoms with Crippen LogP contribution in [0.25, 0.3) is 0 Å². The van der Waals surface area contributed by atoms with Crippen LogP contribution in [0.2, 0.25) is 0 Å². The Morgan fingerprint density at radius 3 is 2.38 bits per heavy atom. The van der Waals surface area contributed by atoms with Gasteiger partial charge >= 0.3 is 12.1 Å². The summed E-state index contributed by atoms with van der Waals surface area (Å²) in [7, 11) is 0. The van der Waals surface area contributed by atoms with Gasteiger partial charge in [-0.2, -0.15) is 13.2 Å². The summed E-state index contributed by atoms with van der Waals surface area (Å²) < 4.78 is 50.7. The summed E-state index contributed by atoms with van der Waals surface area (Å²) in [5.41, 5.74) is -2.33. The number of hydrogen-bond donors (Lipinski definition) is 0. The van der Waals surface area contributed by atoms with Gasteiger partial charge in [0.25, 0.3) is 0 Å². The summed E-state index contributed by atoms with van der Waals surface area (Å²) >= 11 is 0. The second kappa shape index (κ2) is 6.49. The molecule has 0 aromatic heterocycles. The minimum Gasteiger partial charge on any atom is -0.476 e. The Kier molecular flexibility index (Phi) is 4.56. The third kappa shape index (κ3) is 3.28. The number of hydrogen-bond acceptors (Lipinski definition) is 3. The van der Waals surface area contributed by atoms with Crippen LogP contribution in [0.15, 0.2) is 42.2 Å². The summed E-state index contributed by atoms with van der Waals surface area (Å²) in [6.07, 6.45) is 0.736. The largest absolute Gasteiger partial charge is 0.476 e. The maximum absolute atomic E-state index is 13.5. The fraction of sp³-hybridized carbons (Fsp3) is 0.500. The first-order valence-electron chi connectivity index (χ1n) is 8.13. The number of alkyl halides is 3. The zero-order valence-electron chi connectivity index (χ0n) is 13.1. The van der Waals surface area contributed by atoms with E-state index in [0.717, 1.165) is 38.2 Å². The quantitative estimate of drug-likeness (QED) is 0.595. The molecular formula is C18H19F3O3. The highest BCUT2D eigenvalue weighted by molar-refractivity contribution is 5.83. The molecule has 1 aromatic rings. The van der Waals surface area contributed by atoms with E-state index in [2.05, 4.69) is 0 Å². The number of ether oxygens (including phenoxy) is 2. The predicted molar refractivity (Wildman–Crippen MR) is 80.9 cm³/mol. The fourth-order valence-corrected chi connectivity index (χ4v) is 3.24. The molecule has 1 unspecified atom stereocenters. The van der Waals surface area contributed by atoms with Crippen LogP contribution in [-0.4, -0.2) is 18.2 Å². The molecule has 1 aromatic carbocycles. The molecular weight excluding hydrogens is 321 g/mol. The molecule has 6 heteroatoms. The SMILES string of the molecule is O=C(/C=C1\CC(c2ccccc2)(C(F)(F)F)O1)OC1CCCCC1. The van der Waals surface area contributed by atoms with Gasteiger partial charge in [0, 0.05) is 5.56 Å². The highest BCUT2D eigenvalue weighted by atomic mass is 19.4. The van der Waals surface area contributed by atoms with Gasteiger partial charge < -0.3 is 9.47 Å². The van der Waals surface area contributed by atoms with Crippen LogP contribution in [0.5, 0.6) is 0 Å². The zero-order valence-corrected chi connectivity index (χ0v) is 13.1. The molecule has 1 atom stereocenters. The Morgan fingerprint density at radius 2 is 1.79 bits per heavy atom. The van der Waals surface area contributed by atoms with Crippen molar-refractivity contribution < 1.29 is 27.4 Å². The molecule has 0 bridgehead atoms. The lowest BCUT2D eigenvalue weighted by Gasteiger charge is -2.45. The predicted octanol–water partition coefficient (Wildman–Crippen LogP) is 4.62. The van der Waals surface area contributed by atoms with Crippen LogP contribution in [0.3, 0.4) is 0 Å². The first-order chi connectivity index (χ1) is 11.4. The van der Waals surface area contributed by atoms with Crippen LogP contribution < -0.4 is 0 Å². The van der Waals surface area contributed by atoms with Crippen LogP contribution >= 0.6 is 0 Å². The molecule has 24 heavy (non-hydrogen) atoms. The van der Waals surface area contributed by atoms with Gasteiger partial charge in [0.1, 0.15) is 11.9 Å². The van der Waals surface area contributed by atoms with Crippen molar-refractivity contribution in [2.24, 2.45) is 0 Å². The Labute approximate surface area is 138 Å². The molecule has 2 aliphatic rings. The van der Waals surface area contributed by atoms with E-state index in [1.165, 1.54) is 24.3 Å². The Hall–Kier alpha value is -1.98. The monoisotopic (exact) mass is 340 g/mol. The first kappa shape index (κ1) is 16.9. The summed E-state index contributed by atoms with van der Waals surface area (Å²) in [6.45, 7) is 0. The van der Waals surface area contributed by atoms with Gasteiger partial charge in [0.15, 0.2) is 0 Å². The Morgan fingerprint density at radius 1 is 1.17 bits per heavy atom. The summed E-state index contributed by atoms with van der Waals surface area (Å²) in [4.78, 5) is 11.9. The van der Waals surface area contributed by atoms with Crippen LogP contribution in [0.4, 0.5) is 13.2 Å². The highest BCUT2D eigenvalue weighted by Gasteiger charge is 2.64. The maximum atomic E-state index is 13.5. The van der Waals surface area contributed by atoms with Gasteiger partial charge in [0.2, 0.25) is 5.60 Å². The number of benzene rings is 1. The topological polar surface area (TPSA) is 35.5 Å². The van der Waals surface area contributed by atoms with Gasteiger partial charge in [-0.3, -0.25) is 0 Å². The van der Waals surface area contributed by atoms with Crippen LogP contribution in [0.1, 0.15) is 44.1 Å². The minimum absolute atomic E-state index is 0.0111. The van der Waals surface area contributed by atoms with Crippen molar-refractivity contribution in [1.82, 2.24) is 0 Å². The van der Waals surface area contributed by atoms with Gasteiger partial charge in [-0.1, -0.05) is 36.8 Å². The van der Waals surface area contributed by atoms with E-state index in [-0.39, 0.29) is 23.8 Å². The van der Waals surface area contributed by atoms with Crippen molar-refractivity contribution in [3.05, 3.63) is 47.7 Å². The molecule has 1 saturated heterocycles. The lowest BCUT2D eigenvalue weighted by atomic mass is 9.84. The molecule has 1 heterocycles. The Balaban J connectivity index is 1.67. The minimum atomic E-state index is -4.56. The van der Waals surface area contributed by atoms with Crippen LogP contribution in [-0.2, 0) is 19.9 Å². The van der Waals surface area contributed by atoms with Crippen molar-refractivity contribution in [1.29, 1.82) is 0 Å². The van der Waals surface area contributed by atoms with E-state index >= 15 is 0 Å². The van der Waals surface area contributed by atoms with E-state index in [4.69, 9.17) is 9.47 Å². The standard InChI is InChI=1S/C18H19F3O3/c19-18(20,21)17(13-7-3-1-4-8-13)12-15(24-17)11-16(22)23-14-9-5-2-6-10-14/h1,3-4,7-8,11,14H,2,5-6,9-10,12H2/b15-11+. The normalized spacial score (nSPS) is 26.5. The van der Waals surface area contributed by atoms with Crippen molar-refractivity contribution in [2.75, 3.05) is 0 Å². The zero-order chi connectivity index (χ0) is 17.2. The van der Waals surface area contributed by atoms with E-state index in [9.17, 15) is 18.0 Å². The molecule has 1 aliphatic carbocycles. The summed E-state index contributed by atoms with van der Waals surface area (Å²) in [5, 5.41) is 0. The molecule has 2 fully saturated rings. The Bertz CT molecular complexity index is 608. The van der Waals surface area contributed by atoms with Gasteiger partial charge in [0.05, 0.1) is 12.5 Å². The number of halogens is 3. The fourth-order valence-electron chi connectivity index (χ4n) is 3.24. The van der Waals surface area contributed by atoms with Crippen LogP contribution in [0, 0.1) is 0 Å². The molecule has 0 amide bonds. The number of esters is 1. The molecule has 3 nitrogen and oxygen atoms in total. The second-order valence-corrected chi connectivity index (χ2v) is 6.28. The van der Waals surface area contributed by atoms with Gasteiger partial charge in [-0.05, 0) is 25.7 Å². The molecule has 1 saturated carbocycles. The average molecular weight is 340 g/mol. The molecule has 0 radical (unpaired) electrons. The number of rotatable bonds is 3. The first-order valence-corrected chi connectivity index (χ1v) is 8.13. The molecule has 130 valence electrons. The summed E-state index contributed by atoms with van der Waals surface area (Å²) in [5.74, 6) is -0.613. The third-order valence-electron chi connectivity index (χ3n) is 4.54. The molecule has 1 aliphatic heterocycles. The van der Waals surface area contributed by atoms with E-state index in [0.29, 0.717) is 0 Å². The third-order valence-corrected chi connectivity index (χ3v) is 4.54.